The molecule has 5 amide bonds. The topological polar surface area (TPSA) is 226 Å². The quantitative estimate of drug-likeness (QED) is 0.0829. The fraction of sp³-hybridized carbons (Fsp3) is 0.526. The second-order valence-electron chi connectivity index (χ2n) is 7.19. The van der Waals surface area contributed by atoms with E-state index in [0.717, 1.165) is 0 Å². The molecular formula is C19H29FN8O7. The van der Waals surface area contributed by atoms with Crippen molar-refractivity contribution in [1.82, 2.24) is 36.6 Å². The Hall–Kier alpha value is -4.08. The van der Waals surface area contributed by atoms with Crippen LogP contribution < -0.4 is 32.3 Å². The number of aromatic amines is 1. The number of nitrogens with one attached hydrogen (secondary N) is 6. The van der Waals surface area contributed by atoms with Gasteiger partial charge in [-0.3, -0.25) is 28.9 Å². The molecule has 1 aromatic rings. The van der Waals surface area contributed by atoms with Gasteiger partial charge in [-0.25, -0.2) is 9.78 Å². The molecular weight excluding hydrogens is 471 g/mol. The largest absolute Gasteiger partial charge is 0.367 e. The minimum Gasteiger partial charge on any atom is -0.350 e. The molecule has 16 heteroatoms. The summed E-state index contributed by atoms with van der Waals surface area (Å²) in [6, 6.07) is -2.17. The van der Waals surface area contributed by atoms with E-state index in [2.05, 4.69) is 41.5 Å². The molecule has 15 nitrogen and oxygen atoms in total. The van der Waals surface area contributed by atoms with Gasteiger partial charge in [0.1, 0.15) is 18.6 Å². The molecule has 1 heterocycles. The highest BCUT2D eigenvalue weighted by molar-refractivity contribution is 5.93. The van der Waals surface area contributed by atoms with Crippen LogP contribution in [0.3, 0.4) is 0 Å². The number of unbranched alkanes of at least 4 members (excludes halogenated alkanes) is 1. The maximum Gasteiger partial charge on any atom is 0.367 e. The summed E-state index contributed by atoms with van der Waals surface area (Å²) in [6.45, 7) is -1.26. The van der Waals surface area contributed by atoms with Crippen LogP contribution in [0.1, 0.15) is 25.0 Å². The van der Waals surface area contributed by atoms with Gasteiger partial charge in [0.15, 0.2) is 0 Å². The number of hydrogen-bond donors (Lipinski definition) is 7. The van der Waals surface area contributed by atoms with Gasteiger partial charge in [0.2, 0.25) is 30.0 Å². The zero-order valence-corrected chi connectivity index (χ0v) is 18.8. The molecule has 0 spiro atoms. The average Bonchev–Trinajstić information content (AvgIpc) is 3.36. The smallest absolute Gasteiger partial charge is 0.350 e. The van der Waals surface area contributed by atoms with Crippen LogP contribution in [0.2, 0.25) is 0 Å². The number of rotatable bonds is 17. The zero-order chi connectivity index (χ0) is 26.1. The van der Waals surface area contributed by atoms with Crippen molar-refractivity contribution in [1.29, 1.82) is 0 Å². The molecule has 0 aliphatic carbocycles. The van der Waals surface area contributed by atoms with Gasteiger partial charge >= 0.3 is 5.97 Å². The fourth-order valence-electron chi connectivity index (χ4n) is 2.81. The molecule has 0 bridgehead atoms. The number of carbonyl (C=O) groups is 6. The molecule has 1 aromatic heterocycles. The molecule has 0 fully saturated rings. The average molecular weight is 500 g/mol. The number of halogens is 1. The number of aromatic nitrogens is 2. The number of amides is 5. The van der Waals surface area contributed by atoms with Crippen LogP contribution in [0.25, 0.3) is 0 Å². The second-order valence-corrected chi connectivity index (χ2v) is 7.19. The van der Waals surface area contributed by atoms with E-state index in [1.165, 1.54) is 12.5 Å². The van der Waals surface area contributed by atoms with Gasteiger partial charge in [-0.2, -0.15) is 0 Å². The summed E-state index contributed by atoms with van der Waals surface area (Å²) >= 11 is 0. The lowest BCUT2D eigenvalue weighted by atomic mass is 10.1. The minimum absolute atomic E-state index is 0.0229. The van der Waals surface area contributed by atoms with Crippen LogP contribution in [0.15, 0.2) is 12.5 Å². The van der Waals surface area contributed by atoms with Crippen molar-refractivity contribution in [2.45, 2.75) is 37.8 Å². The van der Waals surface area contributed by atoms with Gasteiger partial charge in [0.25, 0.3) is 0 Å². The van der Waals surface area contributed by atoms with E-state index < -0.39 is 54.8 Å². The van der Waals surface area contributed by atoms with Gasteiger partial charge < -0.3 is 37.3 Å². The fourth-order valence-corrected chi connectivity index (χ4v) is 2.81. The number of carbonyl (C=O) groups excluding carboxylic acids is 6. The highest BCUT2D eigenvalue weighted by Gasteiger charge is 2.24. The molecule has 0 radical (unpaired) electrons. The van der Waals surface area contributed by atoms with Crippen molar-refractivity contribution in [2.75, 3.05) is 26.2 Å². The van der Waals surface area contributed by atoms with Crippen molar-refractivity contribution < 1.29 is 38.2 Å². The monoisotopic (exact) mass is 500 g/mol. The normalized spacial score (nSPS) is 11.9. The molecule has 0 saturated heterocycles. The molecule has 1 rings (SSSR count). The van der Waals surface area contributed by atoms with Crippen molar-refractivity contribution >= 4 is 36.0 Å². The summed E-state index contributed by atoms with van der Waals surface area (Å²) in [5.74, 6) is -4.13. The van der Waals surface area contributed by atoms with Crippen molar-refractivity contribution in [3.8, 4) is 0 Å². The molecule has 0 saturated carbocycles. The first kappa shape index (κ1) is 29.0. The first-order chi connectivity index (χ1) is 16.8. The molecule has 35 heavy (non-hydrogen) atoms. The Balaban J connectivity index is 2.70. The number of imidazole rings is 1. The molecule has 0 aliphatic rings. The first-order valence-corrected chi connectivity index (χ1v) is 10.6. The Morgan fingerprint density at radius 2 is 1.69 bits per heavy atom. The summed E-state index contributed by atoms with van der Waals surface area (Å²) < 4.78 is 11.8. The minimum atomic E-state index is -1.31. The number of nitrogens with zero attached hydrogens (tertiary/aromatic N) is 1. The summed E-state index contributed by atoms with van der Waals surface area (Å²) in [6.07, 6.45) is 4.40. The first-order valence-electron chi connectivity index (χ1n) is 10.6. The molecule has 8 N–H and O–H groups in total. The molecule has 0 aromatic carbocycles. The predicted molar refractivity (Wildman–Crippen MR) is 116 cm³/mol. The van der Waals surface area contributed by atoms with E-state index in [-0.39, 0.29) is 19.4 Å². The van der Waals surface area contributed by atoms with E-state index >= 15 is 0 Å². The second kappa shape index (κ2) is 16.5. The van der Waals surface area contributed by atoms with E-state index in [9.17, 15) is 33.3 Å². The third kappa shape index (κ3) is 12.1. The van der Waals surface area contributed by atoms with Crippen LogP contribution in [0.5, 0.6) is 0 Å². The van der Waals surface area contributed by atoms with Crippen LogP contribution in [-0.4, -0.2) is 84.2 Å². The lowest BCUT2D eigenvalue weighted by Crippen LogP contribution is -2.53. The Kier molecular flexibility index (Phi) is 13.7. The lowest BCUT2D eigenvalue weighted by molar-refractivity contribution is -0.182. The number of hydrogen-bond acceptors (Lipinski definition) is 9. The predicted octanol–water partition coefficient (Wildman–Crippen LogP) is -3.54. The Bertz CT molecular complexity index is 852. The van der Waals surface area contributed by atoms with Crippen molar-refractivity contribution in [2.24, 2.45) is 5.73 Å². The van der Waals surface area contributed by atoms with Crippen LogP contribution in [0.4, 0.5) is 4.53 Å². The Labute approximate surface area is 199 Å². The van der Waals surface area contributed by atoms with Crippen LogP contribution >= 0.6 is 0 Å². The summed E-state index contributed by atoms with van der Waals surface area (Å²) in [4.78, 5) is 80.0. The number of nitrogens with two attached hydrogens (primary N) is 1. The lowest BCUT2D eigenvalue weighted by Gasteiger charge is -2.20. The summed E-state index contributed by atoms with van der Waals surface area (Å²) in [5, 5.41) is 11.5. The van der Waals surface area contributed by atoms with E-state index in [0.29, 0.717) is 31.5 Å². The van der Waals surface area contributed by atoms with Gasteiger partial charge in [0.05, 0.1) is 19.4 Å². The SMILES string of the molecule is NCCCCC(NC(=O)CNC(=O)C(Cc1cnc[nH]1)NC(=O)CNC=O)C(=O)NCC(=O)OF. The highest BCUT2D eigenvalue weighted by atomic mass is 19.3. The summed E-state index contributed by atoms with van der Waals surface area (Å²) in [7, 11) is 0. The molecule has 2 unspecified atom stereocenters. The van der Waals surface area contributed by atoms with Crippen LogP contribution in [0, 0.1) is 0 Å². The van der Waals surface area contributed by atoms with Gasteiger partial charge in [-0.1, -0.05) is 0 Å². The van der Waals surface area contributed by atoms with Crippen molar-refractivity contribution in [3.63, 3.8) is 0 Å². The Morgan fingerprint density at radius 1 is 1.03 bits per heavy atom. The summed E-state index contributed by atoms with van der Waals surface area (Å²) in [5.41, 5.74) is 5.96. The maximum absolute atomic E-state index is 12.6. The third-order valence-electron chi connectivity index (χ3n) is 4.49. The molecule has 2 atom stereocenters. The standard InChI is InChI=1S/C19H29FN8O7/c20-35-17(32)9-25-18(33)13(3-1-2-4-21)27-16(31)8-24-19(34)14(5-12-6-22-10-26-12)28-15(30)7-23-11-29/h6,10-11,13-14H,1-5,7-9,21H2,(H,22,26)(H,23,29)(H,24,34)(H,25,33)(H,27,31)(H,28,30). The van der Waals surface area contributed by atoms with E-state index in [1.807, 2.05) is 0 Å². The Morgan fingerprint density at radius 3 is 2.31 bits per heavy atom. The van der Waals surface area contributed by atoms with Gasteiger partial charge in [0, 0.05) is 22.8 Å². The van der Waals surface area contributed by atoms with Crippen molar-refractivity contribution in [3.05, 3.63) is 18.2 Å². The van der Waals surface area contributed by atoms with E-state index in [4.69, 9.17) is 5.73 Å². The molecule has 194 valence electrons. The van der Waals surface area contributed by atoms with E-state index in [1.54, 1.807) is 0 Å². The third-order valence-corrected chi connectivity index (χ3v) is 4.49. The van der Waals surface area contributed by atoms with Gasteiger partial charge in [-0.15, -0.1) is 0 Å². The highest BCUT2D eigenvalue weighted by Crippen LogP contribution is 2.02. The molecule has 0 aliphatic heterocycles. The van der Waals surface area contributed by atoms with Crippen LogP contribution in [-0.2, 0) is 40.1 Å². The zero-order valence-electron chi connectivity index (χ0n) is 18.8. The van der Waals surface area contributed by atoms with Gasteiger partial charge in [-0.05, 0) is 25.8 Å². The maximum atomic E-state index is 12.6. The number of H-pyrrole nitrogens is 1.